The number of rotatable bonds is 8. The average Bonchev–Trinajstić information content (AvgIpc) is 3.08. The van der Waals surface area contributed by atoms with Crippen molar-refractivity contribution in [3.8, 4) is 17.2 Å². The molecule has 2 atom stereocenters. The van der Waals surface area contributed by atoms with Crippen molar-refractivity contribution in [2.45, 2.75) is 25.1 Å². The molecule has 6 heteroatoms. The molecule has 6 nitrogen and oxygen atoms in total. The third-order valence-electron chi connectivity index (χ3n) is 4.76. The van der Waals surface area contributed by atoms with Gasteiger partial charge in [-0.1, -0.05) is 12.1 Å². The van der Waals surface area contributed by atoms with Crippen molar-refractivity contribution in [2.24, 2.45) is 0 Å². The summed E-state index contributed by atoms with van der Waals surface area (Å²) in [5.41, 5.74) is 1.09. The molecular formula is C20H26N2O4. The van der Waals surface area contributed by atoms with E-state index in [1.165, 1.54) is 0 Å². The molecule has 0 unspecified atom stereocenters. The summed E-state index contributed by atoms with van der Waals surface area (Å²) >= 11 is 0. The van der Waals surface area contributed by atoms with E-state index in [2.05, 4.69) is 16.0 Å². The van der Waals surface area contributed by atoms with Gasteiger partial charge in [0.15, 0.2) is 11.5 Å². The van der Waals surface area contributed by atoms with Gasteiger partial charge in [0, 0.05) is 38.0 Å². The predicted octanol–water partition coefficient (Wildman–Crippen LogP) is 2.77. The number of para-hydroxylation sites is 1. The number of hydrogen-bond donors (Lipinski definition) is 0. The van der Waals surface area contributed by atoms with Crippen molar-refractivity contribution in [1.82, 2.24) is 9.88 Å². The Morgan fingerprint density at radius 3 is 2.69 bits per heavy atom. The smallest absolute Gasteiger partial charge is 0.165 e. The van der Waals surface area contributed by atoms with Crippen molar-refractivity contribution in [3.63, 3.8) is 0 Å². The highest BCUT2D eigenvalue weighted by Gasteiger charge is 2.33. The van der Waals surface area contributed by atoms with E-state index in [9.17, 15) is 0 Å². The lowest BCUT2D eigenvalue weighted by Crippen LogP contribution is -2.34. The van der Waals surface area contributed by atoms with Crippen LogP contribution in [0, 0.1) is 0 Å². The van der Waals surface area contributed by atoms with Crippen LogP contribution >= 0.6 is 0 Å². The summed E-state index contributed by atoms with van der Waals surface area (Å²) < 4.78 is 22.5. The summed E-state index contributed by atoms with van der Waals surface area (Å²) in [6.45, 7) is 2.21. The summed E-state index contributed by atoms with van der Waals surface area (Å²) in [7, 11) is 5.09. The molecule has 1 aromatic heterocycles. The average molecular weight is 358 g/mol. The van der Waals surface area contributed by atoms with Crippen LogP contribution in [0.15, 0.2) is 42.7 Å². The van der Waals surface area contributed by atoms with Gasteiger partial charge >= 0.3 is 0 Å². The highest BCUT2D eigenvalue weighted by molar-refractivity contribution is 5.46. The van der Waals surface area contributed by atoms with E-state index in [1.807, 2.05) is 24.3 Å². The van der Waals surface area contributed by atoms with Crippen molar-refractivity contribution in [2.75, 3.05) is 34.5 Å². The second-order valence-electron chi connectivity index (χ2n) is 6.33. The summed E-state index contributed by atoms with van der Waals surface area (Å²) in [4.78, 5) is 6.47. The molecule has 0 radical (unpaired) electrons. The molecule has 1 saturated heterocycles. The third kappa shape index (κ3) is 4.26. The summed E-state index contributed by atoms with van der Waals surface area (Å²) in [5.74, 6) is 2.31. The molecule has 26 heavy (non-hydrogen) atoms. The van der Waals surface area contributed by atoms with Crippen molar-refractivity contribution in [3.05, 3.63) is 48.3 Å². The normalized spacial score (nSPS) is 20.1. The van der Waals surface area contributed by atoms with Gasteiger partial charge in [-0.05, 0) is 24.6 Å². The van der Waals surface area contributed by atoms with Crippen molar-refractivity contribution in [1.29, 1.82) is 0 Å². The number of likely N-dealkylation sites (tertiary alicyclic amines) is 1. The number of nitrogens with zero attached hydrogens (tertiary/aromatic N) is 2. The lowest BCUT2D eigenvalue weighted by atomic mass is 10.1. The number of methoxy groups -OCH3 is 3. The van der Waals surface area contributed by atoms with Crippen LogP contribution in [0.2, 0.25) is 0 Å². The highest BCUT2D eigenvalue weighted by atomic mass is 16.5. The Bertz CT molecular complexity index is 695. The fourth-order valence-electron chi connectivity index (χ4n) is 3.40. The zero-order valence-corrected chi connectivity index (χ0v) is 15.6. The van der Waals surface area contributed by atoms with Crippen LogP contribution in [0.5, 0.6) is 17.2 Å². The molecule has 0 saturated carbocycles. The van der Waals surface area contributed by atoms with Crippen molar-refractivity contribution < 1.29 is 18.9 Å². The molecule has 1 aliphatic rings. The number of benzene rings is 1. The molecule has 1 fully saturated rings. The van der Waals surface area contributed by atoms with E-state index in [4.69, 9.17) is 18.9 Å². The fourth-order valence-corrected chi connectivity index (χ4v) is 3.40. The zero-order valence-electron chi connectivity index (χ0n) is 15.6. The van der Waals surface area contributed by atoms with Crippen LogP contribution < -0.4 is 14.2 Å². The molecule has 2 heterocycles. The Hall–Kier alpha value is -2.31. The monoisotopic (exact) mass is 358 g/mol. The zero-order chi connectivity index (χ0) is 18.4. The van der Waals surface area contributed by atoms with Gasteiger partial charge in [-0.3, -0.25) is 9.88 Å². The number of aromatic nitrogens is 1. The van der Waals surface area contributed by atoms with Crippen LogP contribution in [0.25, 0.3) is 0 Å². The lowest BCUT2D eigenvalue weighted by Gasteiger charge is -2.25. The molecule has 0 bridgehead atoms. The van der Waals surface area contributed by atoms with E-state index >= 15 is 0 Å². The maximum Gasteiger partial charge on any atom is 0.165 e. The van der Waals surface area contributed by atoms with Gasteiger partial charge in [-0.2, -0.15) is 0 Å². The van der Waals surface area contributed by atoms with Crippen LogP contribution in [-0.4, -0.2) is 56.5 Å². The lowest BCUT2D eigenvalue weighted by molar-refractivity contribution is 0.107. The Balaban J connectivity index is 1.72. The number of pyridine rings is 1. The first-order chi connectivity index (χ1) is 12.7. The fraction of sp³-hybridized carbons (Fsp3) is 0.450. The highest BCUT2D eigenvalue weighted by Crippen LogP contribution is 2.33. The molecule has 0 N–H and O–H groups in total. The molecule has 140 valence electrons. The first-order valence-corrected chi connectivity index (χ1v) is 8.74. The standard InChI is InChI=1S/C20H26N2O4/c1-23-18-10-16(14-26-17-7-5-9-21-11-17)22(13-18)12-15-6-4-8-19(24-2)20(15)25-3/h4-9,11,16,18H,10,12-14H2,1-3H3/t16-,18+/m0/s1. The maximum absolute atomic E-state index is 5.94. The van der Waals surface area contributed by atoms with E-state index < -0.39 is 0 Å². The summed E-state index contributed by atoms with van der Waals surface area (Å²) in [5, 5.41) is 0. The SMILES string of the molecule is COc1cccc(CN2C[C@H](OC)C[C@H]2COc2cccnc2)c1OC. The summed E-state index contributed by atoms with van der Waals surface area (Å²) in [6, 6.07) is 10.0. The van der Waals surface area contributed by atoms with Gasteiger partial charge in [0.1, 0.15) is 12.4 Å². The summed E-state index contributed by atoms with van der Waals surface area (Å²) in [6.07, 6.45) is 4.61. The van der Waals surface area contributed by atoms with Crippen LogP contribution in [0.4, 0.5) is 0 Å². The molecule has 3 rings (SSSR count). The minimum Gasteiger partial charge on any atom is -0.493 e. The van der Waals surface area contributed by atoms with E-state index in [0.717, 1.165) is 42.3 Å². The molecule has 0 aliphatic carbocycles. The largest absolute Gasteiger partial charge is 0.493 e. The third-order valence-corrected chi connectivity index (χ3v) is 4.76. The first kappa shape index (κ1) is 18.5. The van der Waals surface area contributed by atoms with Crippen LogP contribution in [0.1, 0.15) is 12.0 Å². The Morgan fingerprint density at radius 2 is 2.00 bits per heavy atom. The molecule has 0 amide bonds. The van der Waals surface area contributed by atoms with Crippen LogP contribution in [0.3, 0.4) is 0 Å². The number of ether oxygens (including phenoxy) is 4. The van der Waals surface area contributed by atoms with Crippen molar-refractivity contribution >= 4 is 0 Å². The first-order valence-electron chi connectivity index (χ1n) is 8.74. The van der Waals surface area contributed by atoms with Gasteiger partial charge < -0.3 is 18.9 Å². The Labute approximate surface area is 154 Å². The maximum atomic E-state index is 5.94. The minimum absolute atomic E-state index is 0.203. The topological polar surface area (TPSA) is 53.1 Å². The molecular weight excluding hydrogens is 332 g/mol. The molecule has 0 spiro atoms. The van der Waals surface area contributed by atoms with Gasteiger partial charge in [0.2, 0.25) is 0 Å². The van der Waals surface area contributed by atoms with Gasteiger partial charge in [-0.15, -0.1) is 0 Å². The second kappa shape index (κ2) is 8.87. The molecule has 2 aromatic rings. The minimum atomic E-state index is 0.203. The van der Waals surface area contributed by atoms with Gasteiger partial charge in [0.25, 0.3) is 0 Å². The van der Waals surface area contributed by atoms with E-state index in [-0.39, 0.29) is 12.1 Å². The van der Waals surface area contributed by atoms with E-state index in [1.54, 1.807) is 33.7 Å². The van der Waals surface area contributed by atoms with E-state index in [0.29, 0.717) is 6.61 Å². The number of hydrogen-bond acceptors (Lipinski definition) is 6. The predicted molar refractivity (Wildman–Crippen MR) is 98.9 cm³/mol. The van der Waals surface area contributed by atoms with Gasteiger partial charge in [0.05, 0.1) is 26.5 Å². The second-order valence-corrected chi connectivity index (χ2v) is 6.33. The molecule has 1 aromatic carbocycles. The molecule has 1 aliphatic heterocycles. The Morgan fingerprint density at radius 1 is 1.12 bits per heavy atom. The quantitative estimate of drug-likeness (QED) is 0.723. The van der Waals surface area contributed by atoms with Crippen LogP contribution in [-0.2, 0) is 11.3 Å². The van der Waals surface area contributed by atoms with Gasteiger partial charge in [-0.25, -0.2) is 0 Å². The Kier molecular flexibility index (Phi) is 6.30.